The minimum atomic E-state index is -0.805. The molecule has 0 unspecified atom stereocenters. The summed E-state index contributed by atoms with van der Waals surface area (Å²) < 4.78 is 24.9. The third kappa shape index (κ3) is 13.8. The summed E-state index contributed by atoms with van der Waals surface area (Å²) in [5.41, 5.74) is 7.18. The van der Waals surface area contributed by atoms with Crippen LogP contribution in [0.5, 0.6) is 17.2 Å². The number of aryl methyl sites for hydroxylation is 2. The van der Waals surface area contributed by atoms with Crippen LogP contribution in [-0.4, -0.2) is 89.3 Å². The molecule has 324 valence electrons. The Labute approximate surface area is 371 Å². The Kier molecular flexibility index (Phi) is 20.3. The maximum absolute atomic E-state index is 11.9. The van der Waals surface area contributed by atoms with Gasteiger partial charge in [-0.25, -0.2) is 23.7 Å². The molecule has 21 heteroatoms. The summed E-state index contributed by atoms with van der Waals surface area (Å²) in [4.78, 5) is 79.2. The van der Waals surface area contributed by atoms with Crippen molar-refractivity contribution in [2.24, 2.45) is 0 Å². The molecular weight excluding hydrogens is 980 g/mol. The number of hydrogen-bond donors (Lipinski definition) is 1. The Hall–Kier alpha value is -5.41. The van der Waals surface area contributed by atoms with E-state index in [1.807, 2.05) is 13.8 Å². The number of fused-ring (bicyclic) bond motifs is 2. The van der Waals surface area contributed by atoms with Gasteiger partial charge in [-0.1, -0.05) is 20.8 Å². The molecule has 3 amide bonds. The number of amides is 3. The van der Waals surface area contributed by atoms with E-state index in [1.54, 1.807) is 103 Å². The predicted molar refractivity (Wildman–Crippen MR) is 236 cm³/mol. The number of nitrogen functional groups attached to an aromatic ring is 1. The lowest BCUT2D eigenvalue weighted by atomic mass is 10.1. The van der Waals surface area contributed by atoms with Crippen molar-refractivity contribution in [1.82, 2.24) is 31.6 Å². The van der Waals surface area contributed by atoms with E-state index in [-0.39, 0.29) is 29.2 Å². The quantitative estimate of drug-likeness (QED) is 0.0799. The molecular formula is C39H47Br3N8O10. The number of urea groups is 1. The van der Waals surface area contributed by atoms with Crippen molar-refractivity contribution in [3.8, 4) is 17.2 Å². The summed E-state index contributed by atoms with van der Waals surface area (Å²) in [5, 5.41) is 0. The zero-order chi connectivity index (χ0) is 45.3. The number of pyridine rings is 3. The summed E-state index contributed by atoms with van der Waals surface area (Å²) in [6, 6.07) is 11.5. The number of methoxy groups -OCH3 is 4. The topological polar surface area (TPSA) is 219 Å². The Bertz CT molecular complexity index is 2390. The Morgan fingerprint density at radius 1 is 0.783 bits per heavy atom. The van der Waals surface area contributed by atoms with Crippen molar-refractivity contribution in [3.05, 3.63) is 97.6 Å². The van der Waals surface area contributed by atoms with Crippen molar-refractivity contribution in [3.63, 3.8) is 0 Å². The molecule has 0 aromatic carbocycles. The van der Waals surface area contributed by atoms with Gasteiger partial charge in [0, 0.05) is 55.0 Å². The number of Topliss-reactive ketones (excluding diaryl/α,β-unsaturated/α-hetero) is 1. The van der Waals surface area contributed by atoms with Crippen molar-refractivity contribution < 1.29 is 38.1 Å². The first kappa shape index (κ1) is 50.7. The van der Waals surface area contributed by atoms with Crippen molar-refractivity contribution in [2.45, 2.75) is 65.8 Å². The molecule has 18 nitrogen and oxygen atoms in total. The number of nitrogens with two attached hydrogens (primary N) is 1. The number of imide groups is 1. The number of rotatable bonds is 8. The summed E-state index contributed by atoms with van der Waals surface area (Å²) in [5.74, 6) is 1.80. The van der Waals surface area contributed by atoms with Crippen LogP contribution in [0.2, 0.25) is 0 Å². The van der Waals surface area contributed by atoms with Crippen LogP contribution in [0, 0.1) is 0 Å². The minimum Gasteiger partial charge on any atom is -0.497 e. The lowest BCUT2D eigenvalue weighted by molar-refractivity contribution is -0.143. The number of halogens is 3. The average molecular weight is 1030 g/mol. The fraction of sp³-hybridized carbons (Fsp3) is 0.359. The van der Waals surface area contributed by atoms with Crippen LogP contribution in [0.15, 0.2) is 75.1 Å². The predicted octanol–water partition coefficient (Wildman–Crippen LogP) is 6.14. The van der Waals surface area contributed by atoms with E-state index >= 15 is 0 Å². The van der Waals surface area contributed by atoms with Gasteiger partial charge in [0.2, 0.25) is 0 Å². The first-order valence-corrected chi connectivity index (χ1v) is 20.2. The molecule has 5 aromatic rings. The average Bonchev–Trinajstić information content (AvgIpc) is 3.38. The van der Waals surface area contributed by atoms with Crippen LogP contribution < -0.4 is 31.1 Å². The number of ketones is 1. The second kappa shape index (κ2) is 24.0. The van der Waals surface area contributed by atoms with Crippen molar-refractivity contribution >= 4 is 89.0 Å². The van der Waals surface area contributed by atoms with Gasteiger partial charge in [-0.15, -0.1) is 0 Å². The monoisotopic (exact) mass is 1020 g/mol. The molecule has 0 radical (unpaired) electrons. The van der Waals surface area contributed by atoms with E-state index in [2.05, 4.69) is 67.9 Å². The van der Waals surface area contributed by atoms with E-state index in [4.69, 9.17) is 19.9 Å². The second-order valence-electron chi connectivity index (χ2n) is 12.5. The molecule has 0 spiro atoms. The third-order valence-corrected chi connectivity index (χ3v) is 10.8. The van der Waals surface area contributed by atoms with Crippen molar-refractivity contribution in [2.75, 3.05) is 34.2 Å². The van der Waals surface area contributed by atoms with Crippen LogP contribution >= 0.6 is 48.2 Å². The fourth-order valence-electron chi connectivity index (χ4n) is 4.59. The van der Waals surface area contributed by atoms with Crippen LogP contribution in [0.1, 0.15) is 58.8 Å². The lowest BCUT2D eigenvalue weighted by Gasteiger charge is -2.19. The molecule has 0 atom stereocenters. The largest absolute Gasteiger partial charge is 0.497 e. The molecule has 0 aliphatic carbocycles. The number of ether oxygens (including phenoxy) is 4. The maximum atomic E-state index is 11.9. The van der Waals surface area contributed by atoms with Gasteiger partial charge in [0.1, 0.15) is 56.6 Å². The highest BCUT2D eigenvalue weighted by Crippen LogP contribution is 2.32. The van der Waals surface area contributed by atoms with Crippen LogP contribution in [-0.2, 0) is 32.0 Å². The van der Waals surface area contributed by atoms with Gasteiger partial charge in [-0.2, -0.15) is 3.93 Å². The smallest absolute Gasteiger partial charge is 0.348 e. The van der Waals surface area contributed by atoms with E-state index in [0.717, 1.165) is 27.5 Å². The van der Waals surface area contributed by atoms with Gasteiger partial charge in [0.25, 0.3) is 17.0 Å². The SMILES string of the molecule is CC1(C)C(=O)N(Br)C(=O)N1Br.CCC(=O)CC(=O)OC.CCc1cc(=O)n2ccc(OC)cc2n1.CCc1nc2cc(OC)ccn2c(=O)c1Br.COc1ccnc(N)c1. The zero-order valence-corrected chi connectivity index (χ0v) is 39.3. The molecule has 1 aliphatic rings. The lowest BCUT2D eigenvalue weighted by Crippen LogP contribution is -2.37. The number of hydrogen-bond acceptors (Lipinski definition) is 14. The fourth-order valence-corrected chi connectivity index (χ4v) is 6.26. The molecule has 6 rings (SSSR count). The van der Waals surface area contributed by atoms with Crippen LogP contribution in [0.3, 0.4) is 0 Å². The van der Waals surface area contributed by atoms with E-state index in [9.17, 15) is 28.8 Å². The maximum Gasteiger partial charge on any atom is 0.348 e. The van der Waals surface area contributed by atoms with Gasteiger partial charge >= 0.3 is 12.0 Å². The standard InChI is InChI=1S/C11H11BrN2O2.C11H12N2O2.C6H8N2O.C6H10O3.C5H6Br2N2O2/c1-3-8-10(12)11(15)14-5-4-7(16-2)6-9(14)13-8;1-3-8-6-11(14)13-5-4-9(15-2)7-10(13)12-8;1-9-5-2-3-8-6(7)4-5;1-3-5(7)4-6(8)9-2;1-5(2)3(10)8(6)4(11)9(5)7/h4-6H,3H2,1-2H3;4-7H,3H2,1-2H3;2-4H,1H3,(H2,7,8);3-4H2,1-2H3;1-2H3. The molecule has 1 aliphatic heterocycles. The number of esters is 1. The Morgan fingerprint density at radius 2 is 1.33 bits per heavy atom. The number of nitrogens with zero attached hydrogens (tertiary/aromatic N) is 7. The molecule has 60 heavy (non-hydrogen) atoms. The molecule has 0 saturated carbocycles. The van der Waals surface area contributed by atoms with Crippen molar-refractivity contribution in [1.29, 1.82) is 0 Å². The molecule has 1 fully saturated rings. The number of aromatic nitrogens is 5. The third-order valence-electron chi connectivity index (χ3n) is 8.16. The second-order valence-corrected chi connectivity index (χ2v) is 14.7. The summed E-state index contributed by atoms with van der Waals surface area (Å²) in [6.45, 7) is 8.96. The first-order chi connectivity index (χ1) is 28.3. The summed E-state index contributed by atoms with van der Waals surface area (Å²) >= 11 is 9.11. The van der Waals surface area contributed by atoms with Gasteiger partial charge < -0.3 is 24.7 Å². The Balaban J connectivity index is 0.000000264. The Morgan fingerprint density at radius 3 is 1.75 bits per heavy atom. The van der Waals surface area contributed by atoms with E-state index < -0.39 is 17.5 Å². The van der Waals surface area contributed by atoms with Gasteiger partial charge in [-0.3, -0.25) is 32.8 Å². The summed E-state index contributed by atoms with van der Waals surface area (Å²) in [7, 11) is 6.04. The molecule has 1 saturated heterocycles. The highest BCUT2D eigenvalue weighted by molar-refractivity contribution is 9.10. The number of carbonyl (C=O) groups is 4. The number of carbonyl (C=O) groups excluding carboxylic acids is 4. The van der Waals surface area contributed by atoms with Gasteiger partial charge in [-0.05, 0) is 60.8 Å². The minimum absolute atomic E-state index is 0.0560. The molecule has 5 aromatic heterocycles. The first-order valence-electron chi connectivity index (χ1n) is 18.0. The van der Waals surface area contributed by atoms with E-state index in [1.165, 1.54) is 19.8 Å². The van der Waals surface area contributed by atoms with E-state index in [0.29, 0.717) is 45.9 Å². The highest BCUT2D eigenvalue weighted by atomic mass is 79.9. The van der Waals surface area contributed by atoms with Gasteiger partial charge in [0.15, 0.2) is 0 Å². The molecule has 2 N–H and O–H groups in total. The highest BCUT2D eigenvalue weighted by Gasteiger charge is 2.50. The number of anilines is 1. The van der Waals surface area contributed by atoms with Crippen LogP contribution in [0.25, 0.3) is 11.3 Å². The summed E-state index contributed by atoms with van der Waals surface area (Å²) in [6.07, 6.45) is 6.71. The van der Waals surface area contributed by atoms with Crippen LogP contribution in [0.4, 0.5) is 10.6 Å². The normalized spacial score (nSPS) is 12.4. The molecule has 0 bridgehead atoms. The van der Waals surface area contributed by atoms with Gasteiger partial charge in [0.05, 0.1) is 66.4 Å². The zero-order valence-electron chi connectivity index (χ0n) is 34.5. The molecule has 6 heterocycles.